The van der Waals surface area contributed by atoms with E-state index in [1.54, 1.807) is 6.07 Å². The van der Waals surface area contributed by atoms with Crippen LogP contribution in [0.15, 0.2) is 12.1 Å². The standard InChI is InChI=1S/C10H14N2O/c11-7-2-3-8-6(5-7)1-4-9(12)10(8)13/h1,4,7,13H,2-3,5,11-12H2. The number of phenols is 1. The van der Waals surface area contributed by atoms with Crippen molar-refractivity contribution in [2.24, 2.45) is 5.73 Å². The van der Waals surface area contributed by atoms with E-state index in [4.69, 9.17) is 11.5 Å². The van der Waals surface area contributed by atoms with Gasteiger partial charge in [0.1, 0.15) is 5.75 Å². The van der Waals surface area contributed by atoms with Gasteiger partial charge in [-0.25, -0.2) is 0 Å². The first-order valence-corrected chi connectivity index (χ1v) is 4.53. The van der Waals surface area contributed by atoms with Crippen molar-refractivity contribution in [1.29, 1.82) is 0 Å². The van der Waals surface area contributed by atoms with Gasteiger partial charge in [-0.15, -0.1) is 0 Å². The van der Waals surface area contributed by atoms with Gasteiger partial charge in [0.2, 0.25) is 0 Å². The van der Waals surface area contributed by atoms with Crippen LogP contribution >= 0.6 is 0 Å². The Kier molecular flexibility index (Phi) is 1.88. The highest BCUT2D eigenvalue weighted by molar-refractivity contribution is 5.59. The van der Waals surface area contributed by atoms with Crippen molar-refractivity contribution in [2.75, 3.05) is 5.73 Å². The molecule has 1 aliphatic carbocycles. The van der Waals surface area contributed by atoms with Crippen LogP contribution in [0.25, 0.3) is 0 Å². The lowest BCUT2D eigenvalue weighted by Gasteiger charge is -2.22. The molecule has 1 aliphatic rings. The van der Waals surface area contributed by atoms with Gasteiger partial charge in [0.25, 0.3) is 0 Å². The van der Waals surface area contributed by atoms with Gasteiger partial charge in [0.05, 0.1) is 5.69 Å². The Morgan fingerprint density at radius 1 is 1.38 bits per heavy atom. The summed E-state index contributed by atoms with van der Waals surface area (Å²) in [4.78, 5) is 0. The van der Waals surface area contributed by atoms with Gasteiger partial charge in [0, 0.05) is 6.04 Å². The first-order valence-electron chi connectivity index (χ1n) is 4.53. The molecular weight excluding hydrogens is 164 g/mol. The summed E-state index contributed by atoms with van der Waals surface area (Å²) < 4.78 is 0. The zero-order valence-corrected chi connectivity index (χ0v) is 7.46. The number of nitrogens with two attached hydrogens (primary N) is 2. The van der Waals surface area contributed by atoms with E-state index in [0.29, 0.717) is 5.69 Å². The Labute approximate surface area is 77.4 Å². The molecule has 2 rings (SSSR count). The van der Waals surface area contributed by atoms with Crippen LogP contribution in [-0.4, -0.2) is 11.1 Å². The highest BCUT2D eigenvalue weighted by Gasteiger charge is 2.18. The average molecular weight is 178 g/mol. The highest BCUT2D eigenvalue weighted by Crippen LogP contribution is 2.32. The van der Waals surface area contributed by atoms with E-state index in [9.17, 15) is 5.11 Å². The second kappa shape index (κ2) is 2.92. The van der Waals surface area contributed by atoms with Crippen LogP contribution in [-0.2, 0) is 12.8 Å². The van der Waals surface area contributed by atoms with Gasteiger partial charge < -0.3 is 16.6 Å². The molecule has 0 saturated heterocycles. The summed E-state index contributed by atoms with van der Waals surface area (Å²) >= 11 is 0. The van der Waals surface area contributed by atoms with Gasteiger partial charge in [0.15, 0.2) is 0 Å². The second-order valence-corrected chi connectivity index (χ2v) is 3.64. The third-order valence-electron chi connectivity index (χ3n) is 2.66. The van der Waals surface area contributed by atoms with Crippen molar-refractivity contribution < 1.29 is 5.11 Å². The number of aromatic hydroxyl groups is 1. The zero-order chi connectivity index (χ0) is 9.42. The monoisotopic (exact) mass is 178 g/mol. The normalized spacial score (nSPS) is 21.2. The summed E-state index contributed by atoms with van der Waals surface area (Å²) in [6.45, 7) is 0. The summed E-state index contributed by atoms with van der Waals surface area (Å²) in [5.74, 6) is 0.254. The molecule has 0 bridgehead atoms. The first kappa shape index (κ1) is 8.38. The molecular formula is C10H14N2O. The first-order chi connectivity index (χ1) is 6.18. The van der Waals surface area contributed by atoms with Crippen LogP contribution in [0.1, 0.15) is 17.5 Å². The van der Waals surface area contributed by atoms with E-state index in [-0.39, 0.29) is 11.8 Å². The number of nitrogen functional groups attached to an aromatic ring is 1. The van der Waals surface area contributed by atoms with Gasteiger partial charge in [-0.2, -0.15) is 0 Å². The lowest BCUT2D eigenvalue weighted by atomic mass is 9.88. The molecule has 0 amide bonds. The molecule has 1 unspecified atom stereocenters. The fraction of sp³-hybridized carbons (Fsp3) is 0.400. The fourth-order valence-corrected chi connectivity index (χ4v) is 1.88. The molecule has 0 aliphatic heterocycles. The van der Waals surface area contributed by atoms with Crippen LogP contribution in [0, 0.1) is 0 Å². The van der Waals surface area contributed by atoms with E-state index in [0.717, 1.165) is 30.4 Å². The van der Waals surface area contributed by atoms with Crippen molar-refractivity contribution in [1.82, 2.24) is 0 Å². The van der Waals surface area contributed by atoms with Gasteiger partial charge in [-0.05, 0) is 36.5 Å². The van der Waals surface area contributed by atoms with Crippen molar-refractivity contribution in [3.63, 3.8) is 0 Å². The fourth-order valence-electron chi connectivity index (χ4n) is 1.88. The Morgan fingerprint density at radius 3 is 2.92 bits per heavy atom. The quantitative estimate of drug-likeness (QED) is 0.406. The number of hydrogen-bond donors (Lipinski definition) is 3. The Morgan fingerprint density at radius 2 is 2.15 bits per heavy atom. The minimum absolute atomic E-state index is 0.232. The van der Waals surface area contributed by atoms with Crippen molar-refractivity contribution in [2.45, 2.75) is 25.3 Å². The summed E-state index contributed by atoms with van der Waals surface area (Å²) in [6.07, 6.45) is 2.63. The van der Waals surface area contributed by atoms with Crippen LogP contribution in [0.2, 0.25) is 0 Å². The maximum absolute atomic E-state index is 9.66. The maximum Gasteiger partial charge on any atom is 0.141 e. The molecule has 70 valence electrons. The Balaban J connectivity index is 2.47. The van der Waals surface area contributed by atoms with Crippen LogP contribution in [0.3, 0.4) is 0 Å². The molecule has 0 aromatic heterocycles. The summed E-state index contributed by atoms with van der Waals surface area (Å²) in [5, 5.41) is 9.66. The molecule has 1 atom stereocenters. The second-order valence-electron chi connectivity index (χ2n) is 3.64. The van der Waals surface area contributed by atoms with E-state index in [2.05, 4.69) is 0 Å². The molecule has 0 saturated carbocycles. The molecule has 3 nitrogen and oxygen atoms in total. The summed E-state index contributed by atoms with van der Waals surface area (Å²) in [7, 11) is 0. The van der Waals surface area contributed by atoms with E-state index in [1.807, 2.05) is 6.07 Å². The van der Waals surface area contributed by atoms with Crippen molar-refractivity contribution in [3.05, 3.63) is 23.3 Å². The molecule has 0 heterocycles. The number of benzene rings is 1. The Bertz CT molecular complexity index is 336. The van der Waals surface area contributed by atoms with Crippen LogP contribution < -0.4 is 11.5 Å². The topological polar surface area (TPSA) is 72.3 Å². The molecule has 1 aromatic carbocycles. The van der Waals surface area contributed by atoms with E-state index >= 15 is 0 Å². The van der Waals surface area contributed by atoms with Crippen molar-refractivity contribution >= 4 is 5.69 Å². The number of rotatable bonds is 0. The minimum Gasteiger partial charge on any atom is -0.505 e. The number of fused-ring (bicyclic) bond motifs is 1. The third kappa shape index (κ3) is 1.35. The number of hydrogen-bond acceptors (Lipinski definition) is 3. The van der Waals surface area contributed by atoms with Crippen LogP contribution in [0.4, 0.5) is 5.69 Å². The lowest BCUT2D eigenvalue weighted by Crippen LogP contribution is -2.27. The maximum atomic E-state index is 9.66. The Hall–Kier alpha value is -1.22. The summed E-state index contributed by atoms with van der Waals surface area (Å²) in [6, 6.07) is 3.94. The minimum atomic E-state index is 0.232. The van der Waals surface area contributed by atoms with Gasteiger partial charge >= 0.3 is 0 Å². The lowest BCUT2D eigenvalue weighted by molar-refractivity contribution is 0.459. The number of anilines is 1. The molecule has 3 heteroatoms. The van der Waals surface area contributed by atoms with Gasteiger partial charge in [-0.1, -0.05) is 6.07 Å². The van der Waals surface area contributed by atoms with E-state index < -0.39 is 0 Å². The predicted octanol–water partition coefficient (Wildman–Crippen LogP) is 0.790. The molecule has 1 aromatic rings. The largest absolute Gasteiger partial charge is 0.505 e. The van der Waals surface area contributed by atoms with Crippen LogP contribution in [0.5, 0.6) is 5.75 Å². The van der Waals surface area contributed by atoms with Crippen molar-refractivity contribution in [3.8, 4) is 5.75 Å². The molecule has 5 N–H and O–H groups in total. The van der Waals surface area contributed by atoms with E-state index in [1.165, 1.54) is 0 Å². The molecule has 13 heavy (non-hydrogen) atoms. The highest BCUT2D eigenvalue weighted by atomic mass is 16.3. The zero-order valence-electron chi connectivity index (χ0n) is 7.46. The average Bonchev–Trinajstić information content (AvgIpc) is 2.12. The predicted molar refractivity (Wildman–Crippen MR) is 52.5 cm³/mol. The third-order valence-corrected chi connectivity index (χ3v) is 2.66. The molecule has 0 spiro atoms. The number of phenolic OH excluding ortho intramolecular Hbond substituents is 1. The SMILES string of the molecule is Nc1ccc2c(c1O)CCC(N)C2. The van der Waals surface area contributed by atoms with Gasteiger partial charge in [-0.3, -0.25) is 0 Å². The smallest absolute Gasteiger partial charge is 0.141 e. The molecule has 0 fully saturated rings. The summed E-state index contributed by atoms with van der Waals surface area (Å²) in [5.41, 5.74) is 14.0. The molecule has 0 radical (unpaired) electrons.